The summed E-state index contributed by atoms with van der Waals surface area (Å²) in [7, 11) is 1.51. The molecule has 0 saturated carbocycles. The molecule has 0 fully saturated rings. The molecule has 6 heteroatoms. The minimum absolute atomic E-state index is 0.103. The van der Waals surface area contributed by atoms with E-state index >= 15 is 0 Å². The highest BCUT2D eigenvalue weighted by atomic mass is 16.6. The Morgan fingerprint density at radius 1 is 1.12 bits per heavy atom. The van der Waals surface area contributed by atoms with Crippen molar-refractivity contribution in [1.29, 1.82) is 0 Å². The average Bonchev–Trinajstić information content (AvgIpc) is 2.49. The number of ether oxygens (including phenoxy) is 3. The van der Waals surface area contributed by atoms with Gasteiger partial charge in [-0.15, -0.1) is 0 Å². The highest BCUT2D eigenvalue weighted by molar-refractivity contribution is 5.65. The topological polar surface area (TPSA) is 91.0 Å². The number of primary amides is 1. The van der Waals surface area contributed by atoms with Crippen LogP contribution in [0.2, 0.25) is 0 Å². The number of phenols is 1. The third-order valence-corrected chi connectivity index (χ3v) is 3.31. The molecule has 2 rings (SSSR count). The van der Waals surface area contributed by atoms with Gasteiger partial charge in [-0.3, -0.25) is 0 Å². The second-order valence-electron chi connectivity index (χ2n) is 5.94. The number of methoxy groups -OCH3 is 1. The Hall–Kier alpha value is -2.89. The predicted octanol–water partition coefficient (Wildman–Crippen LogP) is 3.61. The fourth-order valence-electron chi connectivity index (χ4n) is 2.34. The Morgan fingerprint density at radius 3 is 2.38 bits per heavy atom. The minimum Gasteiger partial charge on any atom is -0.508 e. The molecular weight excluding hydrogens is 310 g/mol. The predicted molar refractivity (Wildman–Crippen MR) is 89.6 cm³/mol. The molecule has 6 nitrogen and oxygen atoms in total. The largest absolute Gasteiger partial charge is 0.508 e. The van der Waals surface area contributed by atoms with Crippen LogP contribution in [0.3, 0.4) is 0 Å². The van der Waals surface area contributed by atoms with Crippen LogP contribution in [-0.2, 0) is 11.2 Å². The maximum atomic E-state index is 10.9. The highest BCUT2D eigenvalue weighted by Gasteiger charge is 2.22. The average molecular weight is 331 g/mol. The molecule has 0 atom stereocenters. The molecule has 0 radical (unpaired) electrons. The van der Waals surface area contributed by atoms with E-state index < -0.39 is 11.7 Å². The lowest BCUT2D eigenvalue weighted by atomic mass is 9.98. The van der Waals surface area contributed by atoms with Crippen LogP contribution in [0.1, 0.15) is 19.4 Å². The summed E-state index contributed by atoms with van der Waals surface area (Å²) in [6.45, 7) is 3.59. The Bertz CT molecular complexity index is 710. The normalized spacial score (nSPS) is 11.0. The zero-order valence-corrected chi connectivity index (χ0v) is 13.9. The third kappa shape index (κ3) is 4.81. The number of amides is 1. The van der Waals surface area contributed by atoms with Gasteiger partial charge in [-0.25, -0.2) is 4.79 Å². The first-order chi connectivity index (χ1) is 11.3. The van der Waals surface area contributed by atoms with Gasteiger partial charge in [-0.1, -0.05) is 12.1 Å². The lowest BCUT2D eigenvalue weighted by Crippen LogP contribution is -2.33. The molecule has 128 valence electrons. The van der Waals surface area contributed by atoms with Crippen LogP contribution in [0, 0.1) is 0 Å². The molecule has 0 unspecified atom stereocenters. The number of benzene rings is 2. The first-order valence-corrected chi connectivity index (χ1v) is 7.41. The van der Waals surface area contributed by atoms with Crippen molar-refractivity contribution >= 4 is 6.09 Å². The van der Waals surface area contributed by atoms with Crippen molar-refractivity contribution in [2.45, 2.75) is 25.9 Å². The fraction of sp³-hybridized carbons (Fsp3) is 0.278. The number of aromatic hydroxyl groups is 1. The second-order valence-corrected chi connectivity index (χ2v) is 5.94. The fourth-order valence-corrected chi connectivity index (χ4v) is 2.34. The van der Waals surface area contributed by atoms with E-state index in [-0.39, 0.29) is 5.75 Å². The van der Waals surface area contributed by atoms with Gasteiger partial charge in [0.15, 0.2) is 11.5 Å². The Morgan fingerprint density at radius 2 is 1.79 bits per heavy atom. The van der Waals surface area contributed by atoms with Crippen molar-refractivity contribution < 1.29 is 24.1 Å². The smallest absolute Gasteiger partial charge is 0.405 e. The number of hydrogen-bond donors (Lipinski definition) is 2. The number of carbonyl (C=O) groups is 1. The zero-order chi connectivity index (χ0) is 17.7. The van der Waals surface area contributed by atoms with E-state index in [1.54, 1.807) is 19.9 Å². The van der Waals surface area contributed by atoms with E-state index in [0.717, 1.165) is 5.56 Å². The first-order valence-electron chi connectivity index (χ1n) is 7.41. The van der Waals surface area contributed by atoms with E-state index in [2.05, 4.69) is 0 Å². The van der Waals surface area contributed by atoms with E-state index in [1.807, 2.05) is 24.3 Å². The number of carbonyl (C=O) groups excluding carboxylic acids is 1. The lowest BCUT2D eigenvalue weighted by Gasteiger charge is -2.24. The molecule has 0 spiro atoms. The summed E-state index contributed by atoms with van der Waals surface area (Å²) in [5, 5.41) is 9.46. The van der Waals surface area contributed by atoms with E-state index in [9.17, 15) is 9.90 Å². The molecule has 2 aromatic carbocycles. The molecule has 1 amide bonds. The number of hydrogen-bond acceptors (Lipinski definition) is 5. The summed E-state index contributed by atoms with van der Waals surface area (Å²) in [5.41, 5.74) is 5.36. The van der Waals surface area contributed by atoms with Crippen molar-refractivity contribution in [1.82, 2.24) is 0 Å². The standard InChI is InChI=1S/C18H21NO5/c1-18(2,24-17(19)21)11-12-4-7-14(8-5-12)23-15-9-6-13(20)10-16(15)22-3/h4-10,20H,11H2,1-3H3,(H2,19,21). The summed E-state index contributed by atoms with van der Waals surface area (Å²) in [6.07, 6.45) is -0.266. The molecule has 0 bridgehead atoms. The Kier molecular flexibility index (Phi) is 5.18. The molecule has 0 aliphatic rings. The summed E-state index contributed by atoms with van der Waals surface area (Å²) in [6, 6.07) is 12.0. The van der Waals surface area contributed by atoms with Gasteiger partial charge in [-0.05, 0) is 43.7 Å². The third-order valence-electron chi connectivity index (χ3n) is 3.31. The van der Waals surface area contributed by atoms with Gasteiger partial charge in [0.2, 0.25) is 0 Å². The molecule has 3 N–H and O–H groups in total. The maximum Gasteiger partial charge on any atom is 0.405 e. The second kappa shape index (κ2) is 7.12. The first kappa shape index (κ1) is 17.5. The molecular formula is C18H21NO5. The zero-order valence-electron chi connectivity index (χ0n) is 13.9. The summed E-state index contributed by atoms with van der Waals surface area (Å²) >= 11 is 0. The van der Waals surface area contributed by atoms with Gasteiger partial charge in [-0.2, -0.15) is 0 Å². The summed E-state index contributed by atoms with van der Waals surface area (Å²) in [5.74, 6) is 1.66. The van der Waals surface area contributed by atoms with E-state index in [0.29, 0.717) is 23.7 Å². The summed E-state index contributed by atoms with van der Waals surface area (Å²) < 4.78 is 16.0. The summed E-state index contributed by atoms with van der Waals surface area (Å²) in [4.78, 5) is 10.9. The maximum absolute atomic E-state index is 10.9. The minimum atomic E-state index is -0.792. The monoisotopic (exact) mass is 331 g/mol. The van der Waals surface area contributed by atoms with Gasteiger partial charge in [0.25, 0.3) is 0 Å². The highest BCUT2D eigenvalue weighted by Crippen LogP contribution is 2.34. The molecule has 0 aromatic heterocycles. The number of nitrogens with two attached hydrogens (primary N) is 1. The van der Waals surface area contributed by atoms with Crippen LogP contribution in [0.4, 0.5) is 4.79 Å². The van der Waals surface area contributed by atoms with Gasteiger partial charge in [0, 0.05) is 12.5 Å². The molecule has 0 heterocycles. The Labute approximate surface area is 140 Å². The number of phenolic OH excluding ortho intramolecular Hbond substituents is 1. The van der Waals surface area contributed by atoms with Gasteiger partial charge >= 0.3 is 6.09 Å². The Balaban J connectivity index is 2.09. The molecule has 2 aromatic rings. The van der Waals surface area contributed by atoms with Crippen LogP contribution >= 0.6 is 0 Å². The van der Waals surface area contributed by atoms with Gasteiger partial charge in [0.1, 0.15) is 17.1 Å². The van der Waals surface area contributed by atoms with Gasteiger partial charge in [0.05, 0.1) is 7.11 Å². The van der Waals surface area contributed by atoms with Crippen LogP contribution in [0.25, 0.3) is 0 Å². The SMILES string of the molecule is COc1cc(O)ccc1Oc1ccc(CC(C)(C)OC(N)=O)cc1. The van der Waals surface area contributed by atoms with Crippen molar-refractivity contribution in [3.63, 3.8) is 0 Å². The molecule has 0 saturated heterocycles. The number of rotatable bonds is 6. The van der Waals surface area contributed by atoms with Crippen molar-refractivity contribution in [3.8, 4) is 23.0 Å². The molecule has 0 aliphatic carbocycles. The molecule has 0 aliphatic heterocycles. The van der Waals surface area contributed by atoms with Crippen molar-refractivity contribution in [3.05, 3.63) is 48.0 Å². The van der Waals surface area contributed by atoms with E-state index in [4.69, 9.17) is 19.9 Å². The van der Waals surface area contributed by atoms with Crippen LogP contribution in [0.5, 0.6) is 23.0 Å². The van der Waals surface area contributed by atoms with Crippen molar-refractivity contribution in [2.75, 3.05) is 7.11 Å². The molecule has 24 heavy (non-hydrogen) atoms. The van der Waals surface area contributed by atoms with Crippen LogP contribution in [0.15, 0.2) is 42.5 Å². The quantitative estimate of drug-likeness (QED) is 0.844. The van der Waals surface area contributed by atoms with E-state index in [1.165, 1.54) is 19.2 Å². The van der Waals surface area contributed by atoms with Crippen LogP contribution < -0.4 is 15.2 Å². The van der Waals surface area contributed by atoms with Crippen molar-refractivity contribution in [2.24, 2.45) is 5.73 Å². The lowest BCUT2D eigenvalue weighted by molar-refractivity contribution is 0.0460. The van der Waals surface area contributed by atoms with Crippen LogP contribution in [-0.4, -0.2) is 23.9 Å². The van der Waals surface area contributed by atoms with Gasteiger partial charge < -0.3 is 25.1 Å².